The predicted octanol–water partition coefficient (Wildman–Crippen LogP) is 3.95. The number of rotatable bonds is 6. The summed E-state index contributed by atoms with van der Waals surface area (Å²) in [5.74, 6) is -0.719. The fraction of sp³-hybridized carbons (Fsp3) is 0.0556. The molecule has 3 rings (SSSR count). The van der Waals surface area contributed by atoms with E-state index in [4.69, 9.17) is 16.1 Å². The quantitative estimate of drug-likeness (QED) is 0.649. The summed E-state index contributed by atoms with van der Waals surface area (Å²) in [4.78, 5) is 23.2. The fourth-order valence-electron chi connectivity index (χ4n) is 2.53. The molecule has 2 aromatic carbocycles. The molecule has 0 bridgehead atoms. The molecule has 126 valence electrons. The van der Waals surface area contributed by atoms with Crippen molar-refractivity contribution in [2.24, 2.45) is 0 Å². The van der Waals surface area contributed by atoms with Gasteiger partial charge in [-0.1, -0.05) is 35.5 Å². The maximum atomic E-state index is 11.8. The lowest BCUT2D eigenvalue weighted by atomic mass is 9.93. The number of nitrogens with one attached hydrogen (secondary N) is 1. The molecule has 3 aromatic rings. The van der Waals surface area contributed by atoms with E-state index < -0.39 is 17.3 Å². The van der Waals surface area contributed by atoms with Crippen LogP contribution in [-0.4, -0.2) is 21.5 Å². The first-order chi connectivity index (χ1) is 12.1. The molecular formula is C18H13ClN2O4. The zero-order chi connectivity index (χ0) is 17.8. The van der Waals surface area contributed by atoms with E-state index in [-0.39, 0.29) is 11.1 Å². The van der Waals surface area contributed by atoms with Crippen molar-refractivity contribution in [1.82, 2.24) is 5.16 Å². The van der Waals surface area contributed by atoms with Gasteiger partial charge < -0.3 is 14.9 Å². The average molecular weight is 357 g/mol. The highest BCUT2D eigenvalue weighted by atomic mass is 35.5. The molecule has 0 aliphatic carbocycles. The smallest absolute Gasteiger partial charge is 0.335 e. The van der Waals surface area contributed by atoms with E-state index in [0.29, 0.717) is 11.4 Å². The van der Waals surface area contributed by atoms with Crippen molar-refractivity contribution in [3.05, 3.63) is 83.0 Å². The van der Waals surface area contributed by atoms with Crippen LogP contribution in [0.3, 0.4) is 0 Å². The maximum Gasteiger partial charge on any atom is 0.335 e. The summed E-state index contributed by atoms with van der Waals surface area (Å²) in [6.07, 6.45) is 1.48. The molecule has 0 amide bonds. The van der Waals surface area contributed by atoms with Gasteiger partial charge in [-0.3, -0.25) is 4.79 Å². The van der Waals surface area contributed by atoms with Crippen molar-refractivity contribution < 1.29 is 19.2 Å². The summed E-state index contributed by atoms with van der Waals surface area (Å²) in [6, 6.07) is 14.5. The summed E-state index contributed by atoms with van der Waals surface area (Å²) in [5, 5.41) is 15.4. The summed E-state index contributed by atoms with van der Waals surface area (Å²) in [7, 11) is 0. The molecule has 0 fully saturated rings. The van der Waals surface area contributed by atoms with Crippen molar-refractivity contribution in [2.75, 3.05) is 5.32 Å². The number of carboxylic acids is 1. The standard InChI is InChI=1S/C18H13ClN2O4/c19-17(22)13-7-6-12(18(23)24)10-14(13)16(11-4-2-1-3-5-11)21-15-8-9-20-25-15/h1-10,16,21H,(H,23,24). The van der Waals surface area contributed by atoms with Gasteiger partial charge in [0.1, 0.15) is 0 Å². The first-order valence-electron chi connectivity index (χ1n) is 7.35. The number of aromatic carboxylic acids is 1. The van der Waals surface area contributed by atoms with Gasteiger partial charge in [-0.2, -0.15) is 0 Å². The topological polar surface area (TPSA) is 92.4 Å². The molecule has 0 saturated carbocycles. The van der Waals surface area contributed by atoms with Gasteiger partial charge in [0.05, 0.1) is 17.8 Å². The maximum absolute atomic E-state index is 11.8. The largest absolute Gasteiger partial charge is 0.478 e. The highest BCUT2D eigenvalue weighted by molar-refractivity contribution is 6.68. The van der Waals surface area contributed by atoms with Gasteiger partial charge in [-0.15, -0.1) is 0 Å². The zero-order valence-corrected chi connectivity index (χ0v) is 13.6. The van der Waals surface area contributed by atoms with Gasteiger partial charge in [0, 0.05) is 11.6 Å². The van der Waals surface area contributed by atoms with Gasteiger partial charge in [0.2, 0.25) is 5.88 Å². The molecule has 1 unspecified atom stereocenters. The normalized spacial score (nSPS) is 11.7. The first kappa shape index (κ1) is 16.7. The monoisotopic (exact) mass is 356 g/mol. The van der Waals surface area contributed by atoms with Crippen LogP contribution in [-0.2, 0) is 0 Å². The number of halogens is 1. The fourth-order valence-corrected chi connectivity index (χ4v) is 2.70. The number of anilines is 1. The minimum absolute atomic E-state index is 0.0527. The van der Waals surface area contributed by atoms with Crippen LogP contribution in [0, 0.1) is 0 Å². The predicted molar refractivity (Wildman–Crippen MR) is 92.0 cm³/mol. The third-order valence-electron chi connectivity index (χ3n) is 3.68. The van der Waals surface area contributed by atoms with Crippen LogP contribution in [0.1, 0.15) is 37.9 Å². The van der Waals surface area contributed by atoms with Crippen molar-refractivity contribution in [2.45, 2.75) is 6.04 Å². The molecule has 6 nitrogen and oxygen atoms in total. The molecule has 2 N–H and O–H groups in total. The Kier molecular flexibility index (Phi) is 4.81. The number of carbonyl (C=O) groups excluding carboxylic acids is 1. The van der Waals surface area contributed by atoms with Crippen LogP contribution in [0.15, 0.2) is 65.3 Å². The Hall–Kier alpha value is -3.12. The van der Waals surface area contributed by atoms with Crippen LogP contribution in [0.25, 0.3) is 0 Å². The second-order valence-electron chi connectivity index (χ2n) is 5.25. The van der Waals surface area contributed by atoms with Crippen LogP contribution in [0.4, 0.5) is 5.88 Å². The average Bonchev–Trinajstić information content (AvgIpc) is 3.13. The Bertz CT molecular complexity index is 895. The van der Waals surface area contributed by atoms with Crippen LogP contribution < -0.4 is 5.32 Å². The third kappa shape index (κ3) is 3.70. The SMILES string of the molecule is O=C(O)c1ccc(C(=O)Cl)c(C(Nc2ccno2)c2ccccc2)c1. The molecule has 1 aromatic heterocycles. The number of hydrogen-bond acceptors (Lipinski definition) is 5. The minimum Gasteiger partial charge on any atom is -0.478 e. The number of aromatic nitrogens is 1. The summed E-state index contributed by atoms with van der Waals surface area (Å²) in [6.45, 7) is 0. The summed E-state index contributed by atoms with van der Waals surface area (Å²) < 4.78 is 5.09. The van der Waals surface area contributed by atoms with E-state index >= 15 is 0 Å². The number of carboxylic acid groups (broad SMARTS) is 1. The van der Waals surface area contributed by atoms with Crippen LogP contribution in [0.2, 0.25) is 0 Å². The van der Waals surface area contributed by atoms with E-state index in [1.165, 1.54) is 24.4 Å². The van der Waals surface area contributed by atoms with Gasteiger partial charge in [-0.05, 0) is 40.9 Å². The lowest BCUT2D eigenvalue weighted by Crippen LogP contribution is -2.16. The molecular weight excluding hydrogens is 344 g/mol. The molecule has 0 aliphatic heterocycles. The van der Waals surface area contributed by atoms with E-state index in [0.717, 1.165) is 5.56 Å². The van der Waals surface area contributed by atoms with E-state index in [2.05, 4.69) is 10.5 Å². The summed E-state index contributed by atoms with van der Waals surface area (Å²) >= 11 is 5.70. The van der Waals surface area contributed by atoms with Crippen LogP contribution in [0.5, 0.6) is 0 Å². The number of benzene rings is 2. The Labute approximate surface area is 148 Å². The zero-order valence-electron chi connectivity index (χ0n) is 12.8. The number of carbonyl (C=O) groups is 2. The van der Waals surface area contributed by atoms with E-state index in [9.17, 15) is 14.7 Å². The number of nitrogens with zero attached hydrogens (tertiary/aromatic N) is 1. The Morgan fingerprint density at radius 1 is 1.12 bits per heavy atom. The van der Waals surface area contributed by atoms with Gasteiger partial charge >= 0.3 is 5.97 Å². The molecule has 0 saturated heterocycles. The molecule has 1 atom stereocenters. The first-order valence-corrected chi connectivity index (χ1v) is 7.73. The Morgan fingerprint density at radius 2 is 1.88 bits per heavy atom. The second-order valence-corrected chi connectivity index (χ2v) is 5.59. The van der Waals surface area contributed by atoms with Gasteiger partial charge in [-0.25, -0.2) is 4.79 Å². The molecule has 25 heavy (non-hydrogen) atoms. The van der Waals surface area contributed by atoms with E-state index in [1.54, 1.807) is 6.07 Å². The van der Waals surface area contributed by atoms with Gasteiger partial charge in [0.25, 0.3) is 5.24 Å². The lowest BCUT2D eigenvalue weighted by Gasteiger charge is -2.21. The molecule has 0 spiro atoms. The minimum atomic E-state index is -1.10. The summed E-state index contributed by atoms with van der Waals surface area (Å²) in [5.41, 5.74) is 1.51. The van der Waals surface area contributed by atoms with Gasteiger partial charge in [0.15, 0.2) is 0 Å². The highest BCUT2D eigenvalue weighted by Gasteiger charge is 2.23. The Balaban J connectivity index is 2.16. The van der Waals surface area contributed by atoms with Crippen molar-refractivity contribution in [3.8, 4) is 0 Å². The van der Waals surface area contributed by atoms with Crippen molar-refractivity contribution >= 4 is 28.7 Å². The lowest BCUT2D eigenvalue weighted by molar-refractivity contribution is 0.0696. The molecule has 1 heterocycles. The third-order valence-corrected chi connectivity index (χ3v) is 3.88. The molecule has 0 aliphatic rings. The van der Waals surface area contributed by atoms with Crippen molar-refractivity contribution in [1.29, 1.82) is 0 Å². The Morgan fingerprint density at radius 3 is 2.48 bits per heavy atom. The second kappa shape index (κ2) is 7.19. The van der Waals surface area contributed by atoms with Crippen LogP contribution >= 0.6 is 11.6 Å². The highest BCUT2D eigenvalue weighted by Crippen LogP contribution is 2.30. The number of hydrogen-bond donors (Lipinski definition) is 2. The van der Waals surface area contributed by atoms with E-state index in [1.807, 2.05) is 30.3 Å². The van der Waals surface area contributed by atoms with Crippen molar-refractivity contribution in [3.63, 3.8) is 0 Å². The molecule has 7 heteroatoms. The molecule has 0 radical (unpaired) electrons.